The molecule has 0 aliphatic rings. The zero-order chi connectivity index (χ0) is 20.1. The molecule has 2 aromatic carbocycles. The molecule has 0 fully saturated rings. The van der Waals surface area contributed by atoms with E-state index in [9.17, 15) is 12.8 Å². The van der Waals surface area contributed by atoms with Gasteiger partial charge in [0, 0.05) is 25.0 Å². The molecule has 0 atom stereocenters. The van der Waals surface area contributed by atoms with Crippen LogP contribution < -0.4 is 4.74 Å². The van der Waals surface area contributed by atoms with Crippen molar-refractivity contribution in [2.45, 2.75) is 17.9 Å². The second kappa shape index (κ2) is 8.68. The van der Waals surface area contributed by atoms with Crippen molar-refractivity contribution in [2.24, 2.45) is 0 Å². The Labute approximate surface area is 166 Å². The standard InChI is InChI=1S/C18H17ClFN3O4S/c1-23(28(24,25)14-6-4-5-13(19)11-14)10-9-17-21-18(27-22-17)12-26-16-8-3-2-7-15(16)20/h2-8,11H,9-10,12H2,1H3. The smallest absolute Gasteiger partial charge is 0.264 e. The summed E-state index contributed by atoms with van der Waals surface area (Å²) < 4.78 is 50.2. The molecule has 7 nitrogen and oxygen atoms in total. The number of aromatic nitrogens is 2. The molecule has 0 saturated heterocycles. The topological polar surface area (TPSA) is 85.5 Å². The molecule has 10 heteroatoms. The number of nitrogens with zero attached hydrogens (tertiary/aromatic N) is 3. The highest BCUT2D eigenvalue weighted by atomic mass is 35.5. The van der Waals surface area contributed by atoms with Crippen LogP contribution >= 0.6 is 11.6 Å². The fraction of sp³-hybridized carbons (Fsp3) is 0.222. The normalized spacial score (nSPS) is 11.7. The van der Waals surface area contributed by atoms with Gasteiger partial charge in [0.2, 0.25) is 10.0 Å². The number of rotatable bonds is 8. The SMILES string of the molecule is CN(CCc1noc(COc2ccccc2F)n1)S(=O)(=O)c1cccc(Cl)c1. The van der Waals surface area contributed by atoms with Gasteiger partial charge >= 0.3 is 0 Å². The van der Waals surface area contributed by atoms with Crippen molar-refractivity contribution in [1.82, 2.24) is 14.4 Å². The first kappa shape index (κ1) is 20.2. The van der Waals surface area contributed by atoms with Gasteiger partial charge in [-0.3, -0.25) is 0 Å². The summed E-state index contributed by atoms with van der Waals surface area (Å²) in [6.45, 7) is 0.0482. The third-order valence-electron chi connectivity index (χ3n) is 3.85. The number of sulfonamides is 1. The largest absolute Gasteiger partial charge is 0.481 e. The Morgan fingerprint density at radius 1 is 1.21 bits per heavy atom. The third kappa shape index (κ3) is 4.86. The van der Waals surface area contributed by atoms with Crippen LogP contribution in [0.15, 0.2) is 57.9 Å². The lowest BCUT2D eigenvalue weighted by atomic mass is 10.3. The second-order valence-corrected chi connectivity index (χ2v) is 8.34. The average Bonchev–Trinajstić information content (AvgIpc) is 3.13. The van der Waals surface area contributed by atoms with Crippen molar-refractivity contribution in [3.8, 4) is 5.75 Å². The van der Waals surface area contributed by atoms with Crippen LogP contribution in [0.5, 0.6) is 5.75 Å². The minimum Gasteiger partial charge on any atom is -0.481 e. The van der Waals surface area contributed by atoms with Gasteiger partial charge in [-0.1, -0.05) is 35.0 Å². The van der Waals surface area contributed by atoms with E-state index in [4.69, 9.17) is 20.9 Å². The molecule has 148 valence electrons. The molecule has 0 spiro atoms. The van der Waals surface area contributed by atoms with Crippen molar-refractivity contribution in [3.63, 3.8) is 0 Å². The molecule has 0 aliphatic carbocycles. The lowest BCUT2D eigenvalue weighted by molar-refractivity contribution is 0.234. The molecule has 1 aromatic heterocycles. The van der Waals surface area contributed by atoms with Gasteiger partial charge in [-0.2, -0.15) is 4.98 Å². The zero-order valence-electron chi connectivity index (χ0n) is 14.9. The number of benzene rings is 2. The molecule has 0 bridgehead atoms. The maximum atomic E-state index is 13.5. The van der Waals surface area contributed by atoms with Crippen LogP contribution in [-0.4, -0.2) is 36.5 Å². The van der Waals surface area contributed by atoms with Crippen molar-refractivity contribution in [1.29, 1.82) is 0 Å². The van der Waals surface area contributed by atoms with Crippen molar-refractivity contribution < 1.29 is 22.1 Å². The molecular weight excluding hydrogens is 409 g/mol. The van der Waals surface area contributed by atoms with Gasteiger partial charge in [-0.25, -0.2) is 17.1 Å². The van der Waals surface area contributed by atoms with Gasteiger partial charge in [-0.15, -0.1) is 0 Å². The van der Waals surface area contributed by atoms with Crippen LogP contribution in [-0.2, 0) is 23.1 Å². The number of para-hydroxylation sites is 1. The molecule has 0 amide bonds. The van der Waals surface area contributed by atoms with Gasteiger partial charge in [0.25, 0.3) is 5.89 Å². The van der Waals surface area contributed by atoms with Crippen LogP contribution in [0, 0.1) is 5.82 Å². The lowest BCUT2D eigenvalue weighted by Crippen LogP contribution is -2.29. The quantitative estimate of drug-likeness (QED) is 0.550. The Hall–Kier alpha value is -2.49. The molecule has 3 rings (SSSR count). The Bertz CT molecular complexity index is 1060. The molecule has 0 N–H and O–H groups in total. The van der Waals surface area contributed by atoms with E-state index in [0.29, 0.717) is 10.8 Å². The van der Waals surface area contributed by atoms with Crippen LogP contribution in [0.4, 0.5) is 4.39 Å². The fourth-order valence-electron chi connectivity index (χ4n) is 2.34. The summed E-state index contributed by atoms with van der Waals surface area (Å²) in [5, 5.41) is 4.13. The first-order valence-corrected chi connectivity index (χ1v) is 10.1. The highest BCUT2D eigenvalue weighted by molar-refractivity contribution is 7.89. The number of likely N-dealkylation sites (N-methyl/N-ethyl adjacent to an activating group) is 1. The Balaban J connectivity index is 1.57. The van der Waals surface area contributed by atoms with Crippen molar-refractivity contribution >= 4 is 21.6 Å². The van der Waals surface area contributed by atoms with E-state index in [1.165, 1.54) is 35.6 Å². The number of hydrogen-bond acceptors (Lipinski definition) is 6. The molecule has 1 heterocycles. The van der Waals surface area contributed by atoms with Crippen LogP contribution in [0.2, 0.25) is 5.02 Å². The minimum absolute atomic E-state index is 0.0783. The summed E-state index contributed by atoms with van der Waals surface area (Å²) in [6, 6.07) is 12.0. The zero-order valence-corrected chi connectivity index (χ0v) is 16.5. The van der Waals surface area contributed by atoms with Crippen molar-refractivity contribution in [3.05, 3.63) is 71.1 Å². The summed E-state index contributed by atoms with van der Waals surface area (Å²) in [5.74, 6) is 0.0727. The first-order valence-electron chi connectivity index (χ1n) is 8.27. The highest BCUT2D eigenvalue weighted by Gasteiger charge is 2.21. The molecule has 0 aliphatic heterocycles. The van der Waals surface area contributed by atoms with E-state index in [1.807, 2.05) is 0 Å². The average molecular weight is 426 g/mol. The lowest BCUT2D eigenvalue weighted by Gasteiger charge is -2.16. The Kier molecular flexibility index (Phi) is 6.28. The van der Waals surface area contributed by atoms with Crippen LogP contribution in [0.25, 0.3) is 0 Å². The minimum atomic E-state index is -3.68. The van der Waals surface area contributed by atoms with E-state index >= 15 is 0 Å². The Morgan fingerprint density at radius 2 is 2.00 bits per heavy atom. The second-order valence-electron chi connectivity index (χ2n) is 5.86. The van der Waals surface area contributed by atoms with Gasteiger partial charge in [0.05, 0.1) is 4.90 Å². The highest BCUT2D eigenvalue weighted by Crippen LogP contribution is 2.19. The predicted molar refractivity (Wildman–Crippen MR) is 100 cm³/mol. The predicted octanol–water partition coefficient (Wildman–Crippen LogP) is 3.30. The summed E-state index contributed by atoms with van der Waals surface area (Å²) >= 11 is 5.86. The molecule has 28 heavy (non-hydrogen) atoms. The van der Waals surface area contributed by atoms with Crippen molar-refractivity contribution in [2.75, 3.05) is 13.6 Å². The van der Waals surface area contributed by atoms with Gasteiger partial charge < -0.3 is 9.26 Å². The summed E-state index contributed by atoms with van der Waals surface area (Å²) in [4.78, 5) is 4.23. The summed E-state index contributed by atoms with van der Waals surface area (Å²) in [6.07, 6.45) is 0.236. The van der Waals surface area contributed by atoms with E-state index in [0.717, 1.165) is 0 Å². The number of ether oxygens (including phenoxy) is 1. The van der Waals surface area contributed by atoms with E-state index in [1.54, 1.807) is 24.3 Å². The third-order valence-corrected chi connectivity index (χ3v) is 5.94. The number of hydrogen-bond donors (Lipinski definition) is 0. The summed E-state index contributed by atoms with van der Waals surface area (Å²) in [5.41, 5.74) is 0. The monoisotopic (exact) mass is 425 g/mol. The van der Waals surface area contributed by atoms with E-state index in [-0.39, 0.29) is 36.1 Å². The van der Waals surface area contributed by atoms with Gasteiger partial charge in [0.1, 0.15) is 0 Å². The van der Waals surface area contributed by atoms with Gasteiger partial charge in [0.15, 0.2) is 24.0 Å². The maximum Gasteiger partial charge on any atom is 0.264 e. The van der Waals surface area contributed by atoms with E-state index < -0.39 is 15.8 Å². The fourth-order valence-corrected chi connectivity index (χ4v) is 3.81. The number of halogens is 2. The first-order chi connectivity index (χ1) is 13.4. The molecule has 3 aromatic rings. The van der Waals surface area contributed by atoms with Crippen LogP contribution in [0.1, 0.15) is 11.7 Å². The maximum absolute atomic E-state index is 13.5. The van der Waals surface area contributed by atoms with Crippen LogP contribution in [0.3, 0.4) is 0 Å². The van der Waals surface area contributed by atoms with E-state index in [2.05, 4.69) is 10.1 Å². The molecule has 0 saturated carbocycles. The van der Waals surface area contributed by atoms with Gasteiger partial charge in [-0.05, 0) is 30.3 Å². The summed E-state index contributed by atoms with van der Waals surface area (Å²) in [7, 11) is -2.22. The molecule has 0 unspecified atom stereocenters. The Morgan fingerprint density at radius 3 is 2.75 bits per heavy atom. The molecule has 0 radical (unpaired) electrons. The molecular formula is C18H17ClFN3O4S.